The average Bonchev–Trinajstić information content (AvgIpc) is 2.53. The number of aromatic nitrogens is 2. The minimum absolute atomic E-state index is 0.0192. The van der Waals surface area contributed by atoms with Crippen LogP contribution in [0.25, 0.3) is 0 Å². The zero-order chi connectivity index (χ0) is 17.8. The maximum Gasteiger partial charge on any atom is 0.573 e. The molecular formula is C17H15F3N2O2. The van der Waals surface area contributed by atoms with Crippen LogP contribution in [0.15, 0.2) is 43.0 Å². The Morgan fingerprint density at radius 3 is 2.33 bits per heavy atom. The van der Waals surface area contributed by atoms with Gasteiger partial charge in [-0.1, -0.05) is 37.8 Å². The van der Waals surface area contributed by atoms with E-state index in [-0.39, 0.29) is 11.5 Å². The zero-order valence-corrected chi connectivity index (χ0v) is 13.0. The highest BCUT2D eigenvalue weighted by Crippen LogP contribution is 2.29. The van der Waals surface area contributed by atoms with Gasteiger partial charge in [0.05, 0.1) is 5.56 Å². The van der Waals surface area contributed by atoms with Gasteiger partial charge in [0.2, 0.25) is 0 Å². The van der Waals surface area contributed by atoms with Crippen LogP contribution in [0.4, 0.5) is 13.2 Å². The van der Waals surface area contributed by atoms with Crippen molar-refractivity contribution < 1.29 is 23.0 Å². The Balaban J connectivity index is 2.44. The molecule has 0 bridgehead atoms. The summed E-state index contributed by atoms with van der Waals surface area (Å²) in [5.74, 6) is 4.44. The van der Waals surface area contributed by atoms with E-state index in [9.17, 15) is 18.3 Å². The lowest BCUT2D eigenvalue weighted by Crippen LogP contribution is -2.30. The SMILES string of the molecule is CC(C)C(O)(C#Cc1ccccc1OC(F)(F)F)c1cncnc1. The number of aliphatic hydroxyl groups is 1. The highest BCUT2D eigenvalue weighted by atomic mass is 19.4. The van der Waals surface area contributed by atoms with Gasteiger partial charge < -0.3 is 9.84 Å². The molecule has 24 heavy (non-hydrogen) atoms. The zero-order valence-electron chi connectivity index (χ0n) is 13.0. The molecule has 1 atom stereocenters. The first-order valence-corrected chi connectivity index (χ1v) is 7.08. The summed E-state index contributed by atoms with van der Waals surface area (Å²) < 4.78 is 41.3. The number of hydrogen-bond donors (Lipinski definition) is 1. The van der Waals surface area contributed by atoms with Crippen LogP contribution in [0.3, 0.4) is 0 Å². The van der Waals surface area contributed by atoms with Crippen LogP contribution in [-0.2, 0) is 5.60 Å². The molecule has 0 spiro atoms. The van der Waals surface area contributed by atoms with E-state index in [1.807, 2.05) is 0 Å². The molecule has 7 heteroatoms. The summed E-state index contributed by atoms with van der Waals surface area (Å²) in [6, 6.07) is 5.49. The minimum atomic E-state index is -4.82. The average molecular weight is 336 g/mol. The van der Waals surface area contributed by atoms with Crippen LogP contribution in [0.5, 0.6) is 5.75 Å². The largest absolute Gasteiger partial charge is 0.573 e. The van der Waals surface area contributed by atoms with Gasteiger partial charge in [-0.3, -0.25) is 0 Å². The quantitative estimate of drug-likeness (QED) is 0.874. The van der Waals surface area contributed by atoms with Gasteiger partial charge in [-0.05, 0) is 18.1 Å². The number of nitrogens with zero attached hydrogens (tertiary/aromatic N) is 2. The van der Waals surface area contributed by atoms with E-state index in [2.05, 4.69) is 26.5 Å². The summed E-state index contributed by atoms with van der Waals surface area (Å²) in [4.78, 5) is 7.68. The lowest BCUT2D eigenvalue weighted by atomic mass is 9.85. The molecule has 0 fully saturated rings. The Hall–Kier alpha value is -2.59. The predicted octanol–water partition coefficient (Wildman–Crippen LogP) is 3.27. The van der Waals surface area contributed by atoms with Crippen LogP contribution in [0.1, 0.15) is 25.0 Å². The normalized spacial score (nSPS) is 13.8. The van der Waals surface area contributed by atoms with E-state index in [0.29, 0.717) is 5.56 Å². The first kappa shape index (κ1) is 17.8. The molecule has 1 heterocycles. The molecule has 0 aliphatic rings. The van der Waals surface area contributed by atoms with E-state index in [4.69, 9.17) is 0 Å². The fraction of sp³-hybridized carbons (Fsp3) is 0.294. The molecule has 0 radical (unpaired) electrons. The van der Waals surface area contributed by atoms with E-state index in [1.165, 1.54) is 36.9 Å². The molecule has 4 nitrogen and oxygen atoms in total. The molecule has 0 saturated heterocycles. The second-order valence-electron chi connectivity index (χ2n) is 5.34. The molecule has 0 amide bonds. The van der Waals surface area contributed by atoms with Crippen molar-refractivity contribution in [1.82, 2.24) is 9.97 Å². The van der Waals surface area contributed by atoms with Crippen molar-refractivity contribution in [2.75, 3.05) is 0 Å². The predicted molar refractivity (Wildman–Crippen MR) is 80.8 cm³/mol. The number of benzene rings is 1. The van der Waals surface area contributed by atoms with Crippen molar-refractivity contribution in [3.8, 4) is 17.6 Å². The maximum absolute atomic E-state index is 12.5. The molecular weight excluding hydrogens is 321 g/mol. The highest BCUT2D eigenvalue weighted by molar-refractivity contribution is 5.48. The van der Waals surface area contributed by atoms with Gasteiger partial charge in [-0.25, -0.2) is 9.97 Å². The molecule has 0 aliphatic heterocycles. The van der Waals surface area contributed by atoms with E-state index in [0.717, 1.165) is 6.07 Å². The minimum Gasteiger partial charge on any atom is -0.404 e. The smallest absolute Gasteiger partial charge is 0.404 e. The molecule has 1 N–H and O–H groups in total. The van der Waals surface area contributed by atoms with Crippen LogP contribution < -0.4 is 4.74 Å². The van der Waals surface area contributed by atoms with Gasteiger partial charge >= 0.3 is 6.36 Å². The van der Waals surface area contributed by atoms with Crippen molar-refractivity contribution in [3.63, 3.8) is 0 Å². The topological polar surface area (TPSA) is 55.2 Å². The Bertz CT molecular complexity index is 752. The van der Waals surface area contributed by atoms with Gasteiger partial charge in [0.15, 0.2) is 5.60 Å². The fourth-order valence-corrected chi connectivity index (χ4v) is 1.99. The van der Waals surface area contributed by atoms with Crippen LogP contribution in [0.2, 0.25) is 0 Å². The summed E-state index contributed by atoms with van der Waals surface area (Å²) >= 11 is 0. The molecule has 2 aromatic rings. The second kappa shape index (κ2) is 6.89. The Morgan fingerprint density at radius 1 is 1.12 bits per heavy atom. The third-order valence-corrected chi connectivity index (χ3v) is 3.34. The van der Waals surface area contributed by atoms with Crippen LogP contribution in [-0.4, -0.2) is 21.4 Å². The molecule has 2 rings (SSSR count). The Morgan fingerprint density at radius 2 is 1.75 bits per heavy atom. The third-order valence-electron chi connectivity index (χ3n) is 3.34. The molecule has 0 aliphatic carbocycles. The number of ether oxygens (including phenoxy) is 1. The lowest BCUT2D eigenvalue weighted by Gasteiger charge is -2.26. The van der Waals surface area contributed by atoms with Crippen LogP contribution in [0, 0.1) is 17.8 Å². The van der Waals surface area contributed by atoms with Crippen molar-refractivity contribution in [2.45, 2.75) is 25.8 Å². The van der Waals surface area contributed by atoms with Gasteiger partial charge in [0.25, 0.3) is 0 Å². The summed E-state index contributed by atoms with van der Waals surface area (Å²) in [6.45, 7) is 3.47. The number of para-hydroxylation sites is 1. The molecule has 1 unspecified atom stereocenters. The Kier molecular flexibility index (Phi) is 5.10. The first-order chi connectivity index (χ1) is 11.2. The van der Waals surface area contributed by atoms with Crippen LogP contribution >= 0.6 is 0 Å². The van der Waals surface area contributed by atoms with Crippen molar-refractivity contribution in [1.29, 1.82) is 0 Å². The Labute approximate surface area is 137 Å². The molecule has 1 aromatic carbocycles. The summed E-state index contributed by atoms with van der Waals surface area (Å²) in [7, 11) is 0. The summed E-state index contributed by atoms with van der Waals surface area (Å²) in [6.07, 6.45) is -0.677. The van der Waals surface area contributed by atoms with E-state index < -0.39 is 17.7 Å². The number of hydrogen-bond acceptors (Lipinski definition) is 4. The molecule has 126 valence electrons. The molecule has 0 saturated carbocycles. The van der Waals surface area contributed by atoms with Crippen molar-refractivity contribution >= 4 is 0 Å². The standard InChI is InChI=1S/C17H15F3N2O2/c1-12(2)16(23,14-9-21-11-22-10-14)8-7-13-5-3-4-6-15(13)24-17(18,19)20/h3-6,9-12,23H,1-2H3. The van der Waals surface area contributed by atoms with Crippen molar-refractivity contribution in [2.24, 2.45) is 5.92 Å². The highest BCUT2D eigenvalue weighted by Gasteiger charge is 2.33. The second-order valence-corrected chi connectivity index (χ2v) is 5.34. The maximum atomic E-state index is 12.5. The summed E-state index contributed by atoms with van der Waals surface area (Å²) in [5, 5.41) is 10.8. The van der Waals surface area contributed by atoms with Gasteiger partial charge in [-0.15, -0.1) is 13.2 Å². The summed E-state index contributed by atoms with van der Waals surface area (Å²) in [5.41, 5.74) is -1.22. The molecule has 1 aromatic heterocycles. The third kappa shape index (κ3) is 4.24. The van der Waals surface area contributed by atoms with Crippen molar-refractivity contribution in [3.05, 3.63) is 54.1 Å². The van der Waals surface area contributed by atoms with E-state index in [1.54, 1.807) is 13.8 Å². The van der Waals surface area contributed by atoms with Gasteiger partial charge in [0, 0.05) is 18.0 Å². The fourth-order valence-electron chi connectivity index (χ4n) is 1.99. The number of halogens is 3. The lowest BCUT2D eigenvalue weighted by molar-refractivity contribution is -0.274. The number of alkyl halides is 3. The monoisotopic (exact) mass is 336 g/mol. The van der Waals surface area contributed by atoms with Gasteiger partial charge in [0.1, 0.15) is 12.1 Å². The number of rotatable bonds is 3. The first-order valence-electron chi connectivity index (χ1n) is 7.08. The van der Waals surface area contributed by atoms with Gasteiger partial charge in [-0.2, -0.15) is 0 Å². The van der Waals surface area contributed by atoms with E-state index >= 15 is 0 Å².